The lowest BCUT2D eigenvalue weighted by atomic mass is 10.1. The van der Waals surface area contributed by atoms with E-state index < -0.39 is 0 Å². The van der Waals surface area contributed by atoms with E-state index in [1.54, 1.807) is 42.6 Å². The van der Waals surface area contributed by atoms with E-state index in [0.29, 0.717) is 11.1 Å². The average molecular weight is 304 g/mol. The SMILES string of the molecule is O=C(/C=C\c1cc(Br)ccc1O)c1cccnc1. The van der Waals surface area contributed by atoms with Crippen LogP contribution in [0.4, 0.5) is 0 Å². The van der Waals surface area contributed by atoms with Crippen molar-refractivity contribution >= 4 is 27.8 Å². The molecule has 0 bridgehead atoms. The summed E-state index contributed by atoms with van der Waals surface area (Å²) < 4.78 is 0.841. The van der Waals surface area contributed by atoms with E-state index in [-0.39, 0.29) is 11.5 Å². The summed E-state index contributed by atoms with van der Waals surface area (Å²) in [6.45, 7) is 0. The monoisotopic (exact) mass is 303 g/mol. The summed E-state index contributed by atoms with van der Waals surface area (Å²) in [6.07, 6.45) is 6.11. The number of hydrogen-bond donors (Lipinski definition) is 1. The Morgan fingerprint density at radius 2 is 2.17 bits per heavy atom. The van der Waals surface area contributed by atoms with Crippen LogP contribution < -0.4 is 0 Å². The van der Waals surface area contributed by atoms with Gasteiger partial charge in [-0.05, 0) is 42.5 Å². The Kier molecular flexibility index (Phi) is 3.89. The van der Waals surface area contributed by atoms with Gasteiger partial charge in [0.05, 0.1) is 0 Å². The molecule has 0 unspecified atom stereocenters. The van der Waals surface area contributed by atoms with Crippen LogP contribution in [0.25, 0.3) is 6.08 Å². The number of hydrogen-bond acceptors (Lipinski definition) is 3. The standard InChI is InChI=1S/C14H10BrNO2/c15-12-4-6-13(17)10(8-12)3-5-14(18)11-2-1-7-16-9-11/h1-9,17H/b5-3-. The maximum absolute atomic E-state index is 11.8. The van der Waals surface area contributed by atoms with Gasteiger partial charge >= 0.3 is 0 Å². The number of carbonyl (C=O) groups excluding carboxylic acids is 1. The van der Waals surface area contributed by atoms with Crippen LogP contribution in [0.15, 0.2) is 53.3 Å². The first-order valence-electron chi connectivity index (χ1n) is 5.28. The number of allylic oxidation sites excluding steroid dienone is 1. The van der Waals surface area contributed by atoms with Crippen molar-refractivity contribution in [3.05, 3.63) is 64.4 Å². The molecule has 0 radical (unpaired) electrons. The number of aromatic nitrogens is 1. The van der Waals surface area contributed by atoms with Crippen LogP contribution in [0.5, 0.6) is 5.75 Å². The van der Waals surface area contributed by atoms with E-state index in [2.05, 4.69) is 20.9 Å². The number of nitrogens with zero attached hydrogens (tertiary/aromatic N) is 1. The fourth-order valence-corrected chi connectivity index (χ4v) is 1.81. The number of benzene rings is 1. The van der Waals surface area contributed by atoms with Crippen molar-refractivity contribution in [2.24, 2.45) is 0 Å². The lowest BCUT2D eigenvalue weighted by Gasteiger charge is -1.99. The van der Waals surface area contributed by atoms with Gasteiger partial charge in [0, 0.05) is 28.0 Å². The van der Waals surface area contributed by atoms with Gasteiger partial charge in [0.25, 0.3) is 0 Å². The van der Waals surface area contributed by atoms with E-state index in [1.165, 1.54) is 12.3 Å². The summed E-state index contributed by atoms with van der Waals surface area (Å²) in [4.78, 5) is 15.7. The highest BCUT2D eigenvalue weighted by atomic mass is 79.9. The average Bonchev–Trinajstić information content (AvgIpc) is 2.40. The third-order valence-electron chi connectivity index (χ3n) is 2.35. The summed E-state index contributed by atoms with van der Waals surface area (Å²) in [5, 5.41) is 9.62. The van der Waals surface area contributed by atoms with Crippen LogP contribution >= 0.6 is 15.9 Å². The normalized spacial score (nSPS) is 10.7. The van der Waals surface area contributed by atoms with E-state index in [1.807, 2.05) is 0 Å². The summed E-state index contributed by atoms with van der Waals surface area (Å²) in [5.74, 6) is -0.0177. The maximum atomic E-state index is 11.8. The molecule has 0 aliphatic heterocycles. The fourth-order valence-electron chi connectivity index (χ4n) is 1.43. The van der Waals surface area contributed by atoms with Crippen LogP contribution in [0.3, 0.4) is 0 Å². The molecule has 0 amide bonds. The zero-order valence-corrected chi connectivity index (χ0v) is 11.0. The van der Waals surface area contributed by atoms with Crippen molar-refractivity contribution in [1.82, 2.24) is 4.98 Å². The molecule has 0 fully saturated rings. The minimum absolute atomic E-state index is 0.133. The molecule has 2 aromatic rings. The summed E-state index contributed by atoms with van der Waals surface area (Å²) >= 11 is 3.31. The van der Waals surface area contributed by atoms with Gasteiger partial charge in [0.15, 0.2) is 5.78 Å². The summed E-state index contributed by atoms with van der Waals surface area (Å²) in [5.41, 5.74) is 1.10. The highest BCUT2D eigenvalue weighted by Crippen LogP contribution is 2.23. The molecule has 18 heavy (non-hydrogen) atoms. The number of phenolic OH excluding ortho intramolecular Hbond substituents is 1. The Labute approximate surface area is 113 Å². The Bertz CT molecular complexity index is 594. The van der Waals surface area contributed by atoms with Crippen molar-refractivity contribution < 1.29 is 9.90 Å². The number of carbonyl (C=O) groups is 1. The van der Waals surface area contributed by atoms with Crippen LogP contribution in [0.1, 0.15) is 15.9 Å². The van der Waals surface area contributed by atoms with Crippen molar-refractivity contribution in [2.75, 3.05) is 0 Å². The molecule has 1 aromatic heterocycles. The first-order valence-corrected chi connectivity index (χ1v) is 6.07. The van der Waals surface area contributed by atoms with Gasteiger partial charge in [-0.15, -0.1) is 0 Å². The molecule has 0 atom stereocenters. The fraction of sp³-hybridized carbons (Fsp3) is 0. The largest absolute Gasteiger partial charge is 0.507 e. The van der Waals surface area contributed by atoms with Gasteiger partial charge in [-0.1, -0.05) is 15.9 Å². The summed E-state index contributed by atoms with van der Waals surface area (Å²) in [6, 6.07) is 8.44. The Hall–Kier alpha value is -1.94. The molecule has 2 rings (SSSR count). The number of rotatable bonds is 3. The second-order valence-electron chi connectivity index (χ2n) is 3.64. The number of aromatic hydroxyl groups is 1. The first-order chi connectivity index (χ1) is 8.66. The molecular weight excluding hydrogens is 294 g/mol. The molecule has 1 heterocycles. The van der Waals surface area contributed by atoms with E-state index >= 15 is 0 Å². The summed E-state index contributed by atoms with van der Waals surface area (Å²) in [7, 11) is 0. The molecule has 0 aliphatic carbocycles. The molecule has 0 saturated carbocycles. The van der Waals surface area contributed by atoms with Gasteiger partial charge in [0.2, 0.25) is 0 Å². The molecule has 1 aromatic carbocycles. The molecule has 0 spiro atoms. The number of ketones is 1. The third kappa shape index (κ3) is 3.05. The predicted molar refractivity (Wildman–Crippen MR) is 73.4 cm³/mol. The van der Waals surface area contributed by atoms with Crippen molar-refractivity contribution in [1.29, 1.82) is 0 Å². The van der Waals surface area contributed by atoms with Crippen molar-refractivity contribution in [3.63, 3.8) is 0 Å². The number of pyridine rings is 1. The number of halogens is 1. The maximum Gasteiger partial charge on any atom is 0.187 e. The van der Waals surface area contributed by atoms with E-state index in [0.717, 1.165) is 4.47 Å². The van der Waals surface area contributed by atoms with Crippen LogP contribution in [0, 0.1) is 0 Å². The highest BCUT2D eigenvalue weighted by Gasteiger charge is 2.02. The topological polar surface area (TPSA) is 50.2 Å². The molecule has 0 aliphatic rings. The second kappa shape index (κ2) is 5.60. The first kappa shape index (κ1) is 12.5. The highest BCUT2D eigenvalue weighted by molar-refractivity contribution is 9.10. The smallest absolute Gasteiger partial charge is 0.187 e. The molecule has 0 saturated heterocycles. The molecular formula is C14H10BrNO2. The Morgan fingerprint density at radius 3 is 2.89 bits per heavy atom. The van der Waals surface area contributed by atoms with E-state index in [4.69, 9.17) is 0 Å². The molecule has 4 heteroatoms. The molecule has 90 valence electrons. The lowest BCUT2D eigenvalue weighted by molar-refractivity contribution is 0.104. The molecule has 3 nitrogen and oxygen atoms in total. The third-order valence-corrected chi connectivity index (χ3v) is 2.84. The predicted octanol–water partition coefficient (Wildman–Crippen LogP) is 3.45. The van der Waals surface area contributed by atoms with Crippen LogP contribution in [-0.4, -0.2) is 15.9 Å². The van der Waals surface area contributed by atoms with Crippen molar-refractivity contribution in [3.8, 4) is 5.75 Å². The molecule has 1 N–H and O–H groups in total. The quantitative estimate of drug-likeness (QED) is 0.698. The zero-order chi connectivity index (χ0) is 13.0. The van der Waals surface area contributed by atoms with Gasteiger partial charge in [-0.25, -0.2) is 0 Å². The Morgan fingerprint density at radius 1 is 1.33 bits per heavy atom. The lowest BCUT2D eigenvalue weighted by Crippen LogP contribution is -1.94. The van der Waals surface area contributed by atoms with E-state index in [9.17, 15) is 9.90 Å². The minimum Gasteiger partial charge on any atom is -0.507 e. The van der Waals surface area contributed by atoms with Gasteiger partial charge < -0.3 is 5.11 Å². The Balaban J connectivity index is 2.21. The van der Waals surface area contributed by atoms with Crippen LogP contribution in [-0.2, 0) is 0 Å². The van der Waals surface area contributed by atoms with Crippen molar-refractivity contribution in [2.45, 2.75) is 0 Å². The second-order valence-corrected chi connectivity index (χ2v) is 4.56. The zero-order valence-electron chi connectivity index (χ0n) is 9.38. The van der Waals surface area contributed by atoms with Crippen LogP contribution in [0.2, 0.25) is 0 Å². The van der Waals surface area contributed by atoms with Gasteiger partial charge in [-0.3, -0.25) is 9.78 Å². The van der Waals surface area contributed by atoms with Gasteiger partial charge in [0.1, 0.15) is 5.75 Å². The minimum atomic E-state index is -0.150. The number of phenols is 1. The van der Waals surface area contributed by atoms with Gasteiger partial charge in [-0.2, -0.15) is 0 Å².